The highest BCUT2D eigenvalue weighted by Gasteiger charge is 2.35. The number of aliphatic hydroxyl groups is 2. The highest BCUT2D eigenvalue weighted by atomic mass is 35.7. The lowest BCUT2D eigenvalue weighted by molar-refractivity contribution is -0.137. The summed E-state index contributed by atoms with van der Waals surface area (Å²) < 4.78 is 119. The first kappa shape index (κ1) is 75.9. The number of nitrogens with zero attached hydrogens (tertiary/aromatic N) is 3. The van der Waals surface area contributed by atoms with Crippen LogP contribution in [0.2, 0.25) is 0 Å². The Balaban J connectivity index is 0.000000499. The summed E-state index contributed by atoms with van der Waals surface area (Å²) in [7, 11) is -10.8. The van der Waals surface area contributed by atoms with Gasteiger partial charge in [0.1, 0.15) is 40.4 Å². The van der Waals surface area contributed by atoms with E-state index in [-0.39, 0.29) is 84.8 Å². The van der Waals surface area contributed by atoms with Gasteiger partial charge in [0.15, 0.2) is 15.6 Å². The summed E-state index contributed by atoms with van der Waals surface area (Å²) in [5, 5.41) is 18.0. The van der Waals surface area contributed by atoms with Crippen molar-refractivity contribution in [3.63, 3.8) is 0 Å². The van der Waals surface area contributed by atoms with Gasteiger partial charge in [-0.25, -0.2) is 42.1 Å². The van der Waals surface area contributed by atoms with Gasteiger partial charge in [-0.05, 0) is 69.2 Å². The predicted octanol–water partition coefficient (Wildman–Crippen LogP) is 3.59. The van der Waals surface area contributed by atoms with Gasteiger partial charge in [-0.1, -0.05) is 121 Å². The van der Waals surface area contributed by atoms with Crippen LogP contribution in [0.1, 0.15) is 69.2 Å². The summed E-state index contributed by atoms with van der Waals surface area (Å²) in [6, 6.07) is 37.8. The monoisotopic (exact) mass is 1300 g/mol. The van der Waals surface area contributed by atoms with Crippen molar-refractivity contribution in [1.82, 2.24) is 12.9 Å². The fourth-order valence-electron chi connectivity index (χ4n) is 7.18. The number of hydrogen-bond acceptors (Lipinski definition) is 20. The predicted molar refractivity (Wildman–Crippen MR) is 320 cm³/mol. The zero-order chi connectivity index (χ0) is 63.0. The van der Waals surface area contributed by atoms with Gasteiger partial charge in [0.05, 0.1) is 55.4 Å². The number of aliphatic hydroxyl groups excluding tert-OH is 2. The molecule has 4 aromatic rings. The molecule has 7 rings (SSSR count). The number of β-amino-alcohol motifs (C(OH)–C–C–N with tert-alkyl or cyclic N) is 1. The molecule has 0 amide bonds. The highest BCUT2D eigenvalue weighted by Crippen LogP contribution is 2.18. The van der Waals surface area contributed by atoms with Crippen LogP contribution in [0.25, 0.3) is 0 Å². The molecule has 0 spiro atoms. The normalized spacial score (nSPS) is 17.4. The maximum absolute atomic E-state index is 12.0. The molecule has 2 N–H and O–H groups in total. The molecule has 3 aliphatic rings. The van der Waals surface area contributed by atoms with Crippen LogP contribution in [0, 0.1) is 0 Å². The maximum atomic E-state index is 12.0. The zero-order valence-corrected chi connectivity index (χ0v) is 52.5. The van der Waals surface area contributed by atoms with E-state index in [0.29, 0.717) is 19.4 Å². The fraction of sp³-hybridized carbons (Fsp3) is 0.444. The van der Waals surface area contributed by atoms with Crippen LogP contribution in [-0.2, 0) is 109 Å². The van der Waals surface area contributed by atoms with Gasteiger partial charge in [-0.15, -0.1) is 0 Å². The number of hydrogen-bond donors (Lipinski definition) is 3. The summed E-state index contributed by atoms with van der Waals surface area (Å²) in [5.74, 6) is -2.75. The minimum absolute atomic E-state index is 0.0111. The number of thiol groups is 1. The first-order valence-electron chi connectivity index (χ1n) is 25.3. The second kappa shape index (κ2) is 38.0. The molecule has 29 heteroatoms. The number of benzene rings is 4. The van der Waals surface area contributed by atoms with E-state index in [9.17, 15) is 76.0 Å². The number of ketones is 5. The van der Waals surface area contributed by atoms with Crippen LogP contribution in [0.15, 0.2) is 121 Å². The van der Waals surface area contributed by atoms with Crippen molar-refractivity contribution in [1.29, 1.82) is 0 Å². The number of rotatable bonds is 18. The number of aryl methyl sites for hydroxylation is 1. The molecule has 2 atom stereocenters. The minimum Gasteiger partial charge on any atom is -0.468 e. The van der Waals surface area contributed by atoms with Gasteiger partial charge in [-0.2, -0.15) is 25.5 Å². The van der Waals surface area contributed by atoms with Gasteiger partial charge in [0.25, 0.3) is 0 Å². The minimum atomic E-state index is -3.75. The van der Waals surface area contributed by atoms with E-state index in [1.54, 1.807) is 31.2 Å². The molecule has 0 aliphatic carbocycles. The second-order valence-electron chi connectivity index (χ2n) is 18.9. The third-order valence-corrected chi connectivity index (χ3v) is 19.4. The van der Waals surface area contributed by atoms with Crippen molar-refractivity contribution in [2.75, 3.05) is 67.0 Å². The molecule has 0 saturated carbocycles. The number of Topliss-reactive ketones (excluding diaryl/α,β-unsaturated/α-hetero) is 5. The number of halogens is 1. The molecule has 3 heterocycles. The lowest BCUT2D eigenvalue weighted by Gasteiger charge is -2.20. The van der Waals surface area contributed by atoms with E-state index >= 15 is 0 Å². The molecule has 3 fully saturated rings. The van der Waals surface area contributed by atoms with Crippen LogP contribution in [0.3, 0.4) is 0 Å². The van der Waals surface area contributed by atoms with Crippen LogP contribution in [0.5, 0.6) is 0 Å². The molecule has 3 saturated heterocycles. The molecule has 4 aromatic carbocycles. The molecule has 0 aromatic heterocycles. The summed E-state index contributed by atoms with van der Waals surface area (Å²) in [4.78, 5) is 63.7. The highest BCUT2D eigenvalue weighted by molar-refractivity contribution is 8.14. The van der Waals surface area contributed by atoms with Crippen molar-refractivity contribution in [3.8, 4) is 0 Å². The third kappa shape index (κ3) is 35.7. The first-order valence-corrected chi connectivity index (χ1v) is 35.1. The molecule has 83 heavy (non-hydrogen) atoms. The topological polar surface area (TPSA) is 333 Å². The van der Waals surface area contributed by atoms with Gasteiger partial charge in [0.2, 0.25) is 39.1 Å². The Morgan fingerprint density at radius 3 is 1.40 bits per heavy atom. The number of sulfone groups is 1. The molecule has 462 valence electrons. The second-order valence-corrected chi connectivity index (χ2v) is 30.2. The van der Waals surface area contributed by atoms with E-state index in [1.807, 2.05) is 84.9 Å². The summed E-state index contributed by atoms with van der Waals surface area (Å²) in [6.07, 6.45) is 1.76. The number of carbonyl (C=O) groups excluding carboxylic acids is 6. The van der Waals surface area contributed by atoms with Gasteiger partial charge in [-0.3, -0.25) is 24.0 Å². The molecule has 0 radical (unpaired) electrons. The van der Waals surface area contributed by atoms with Crippen molar-refractivity contribution in [2.24, 2.45) is 0 Å². The quantitative estimate of drug-likeness (QED) is 0.0728. The van der Waals surface area contributed by atoms with Crippen LogP contribution in [0.4, 0.5) is 0 Å². The number of esters is 1. The molecular weight excluding hydrogens is 1220 g/mol. The van der Waals surface area contributed by atoms with Crippen LogP contribution < -0.4 is 0 Å². The smallest absolute Gasteiger partial charge is 0.315 e. The lowest BCUT2D eigenvalue weighted by atomic mass is 10.1. The Bertz CT molecular complexity index is 3250. The zero-order valence-electron chi connectivity index (χ0n) is 46.8. The maximum Gasteiger partial charge on any atom is 0.315 e. The Hall–Kier alpha value is -5.11. The summed E-state index contributed by atoms with van der Waals surface area (Å²) in [6.45, 7) is 6.07. The molecule has 0 bridgehead atoms. The fourth-order valence-corrected chi connectivity index (χ4v) is 14.1. The van der Waals surface area contributed by atoms with E-state index in [2.05, 4.69) is 40.2 Å². The van der Waals surface area contributed by atoms with Gasteiger partial charge in [0, 0.05) is 43.3 Å². The average molecular weight is 1300 g/mol. The van der Waals surface area contributed by atoms with Crippen molar-refractivity contribution in [2.45, 2.75) is 85.2 Å². The molecule has 22 nitrogen and oxygen atoms in total. The van der Waals surface area contributed by atoms with Gasteiger partial charge < -0.3 is 19.7 Å². The Morgan fingerprint density at radius 1 is 0.639 bits per heavy atom. The largest absolute Gasteiger partial charge is 0.468 e. The SMILES string of the molecule is CC(=O)CCCc1ccccc1.CC(=O)CN(Cc1ccccc1)S(=O)(=O)CC(C)=O.CC(=O)CS(=O)(=O)Cl.COC(=O)CS.O=C1CN(Cc2ccccc2)S(=O)(=O)C1.O=S1(=O)CC(O)CN1Cc1ccccc1.O=S1(=O)CCC(O)C1. The number of sulfonamides is 3. The Kier molecular flexibility index (Phi) is 34.8. The molecule has 2 unspecified atom stereocenters. The molecule has 3 aliphatic heterocycles. The van der Waals surface area contributed by atoms with E-state index in [4.69, 9.17) is 5.11 Å². The number of methoxy groups -OCH3 is 1. The average Bonchev–Trinajstić information content (AvgIpc) is 4.23. The summed E-state index contributed by atoms with van der Waals surface area (Å²) in [5.41, 5.74) is 3.93. The van der Waals surface area contributed by atoms with Crippen molar-refractivity contribution in [3.05, 3.63) is 144 Å². The van der Waals surface area contributed by atoms with E-state index < -0.39 is 84.2 Å². The first-order chi connectivity index (χ1) is 38.6. The third-order valence-electron chi connectivity index (χ3n) is 10.9. The Morgan fingerprint density at radius 2 is 1.10 bits per heavy atom. The van der Waals surface area contributed by atoms with Crippen molar-refractivity contribution >= 4 is 107 Å². The van der Waals surface area contributed by atoms with Crippen molar-refractivity contribution < 1.29 is 85.8 Å². The Labute approximate surface area is 498 Å². The van der Waals surface area contributed by atoms with E-state index in [0.717, 1.165) is 33.8 Å². The standard InChI is InChI=1S/C13H17NO4S.C11H14O.C10H13NO3S.C10H11NO3S.C4H8O3S.C3H5ClO3S.C3H6O2S/c1-11(15)8-14(19(17,18)10-12(2)16)9-13-6-4-3-5-7-13;1-10(12)6-5-9-11-7-3-2-4-8-11;2*12-10-7-11(15(13,14)8-10)6-9-4-2-1-3-5-9;5-4-1-2-8(6,7)3-4;1-3(5)2-8(4,6)7;1-5-3(4)2-6/h3-7H,8-10H2,1-2H3;2-4,7-8H,5-6,9H2,1H3;1-5,10,12H,6-8H2;1-5H,6-8H2;4-5H,1-3H2;2H2,1H3;6H,2H2,1H3. The van der Waals surface area contributed by atoms with Crippen LogP contribution in [-0.4, -0.2) is 179 Å². The molecular formula is C54H74ClN3O19S6. The van der Waals surface area contributed by atoms with Crippen LogP contribution >= 0.6 is 23.3 Å². The lowest BCUT2D eigenvalue weighted by Crippen LogP contribution is -2.37. The van der Waals surface area contributed by atoms with Gasteiger partial charge >= 0.3 is 5.97 Å². The number of ether oxygens (including phenoxy) is 1. The van der Waals surface area contributed by atoms with E-state index in [1.165, 1.54) is 42.1 Å². The summed E-state index contributed by atoms with van der Waals surface area (Å²) >= 11 is 3.62. The number of carbonyl (C=O) groups is 6.